The van der Waals surface area contributed by atoms with E-state index in [1.165, 1.54) is 12.1 Å². The van der Waals surface area contributed by atoms with Crippen LogP contribution < -0.4 is 5.32 Å². The highest BCUT2D eigenvalue weighted by Crippen LogP contribution is 2.10. The van der Waals surface area contributed by atoms with Crippen LogP contribution in [0, 0.1) is 5.82 Å². The molecule has 0 bridgehead atoms. The number of nitrogens with one attached hydrogen (secondary N) is 1. The fourth-order valence-electron chi connectivity index (χ4n) is 1.52. The van der Waals surface area contributed by atoms with Gasteiger partial charge in [0.05, 0.1) is 10.8 Å². The summed E-state index contributed by atoms with van der Waals surface area (Å²) >= 11 is 0. The molecule has 16 heavy (non-hydrogen) atoms. The van der Waals surface area contributed by atoms with E-state index in [0.29, 0.717) is 10.6 Å². The van der Waals surface area contributed by atoms with Gasteiger partial charge in [0.25, 0.3) is 0 Å². The van der Waals surface area contributed by atoms with E-state index < -0.39 is 10.8 Å². The summed E-state index contributed by atoms with van der Waals surface area (Å²) in [5.74, 6) is 0.287. The summed E-state index contributed by atoms with van der Waals surface area (Å²) in [6, 6.07) is 6.13. The third-order valence-corrected chi connectivity index (χ3v) is 3.98. The number of hydrogen-bond donors (Lipinski definition) is 1. The Hall–Kier alpha value is -0.740. The second-order valence-electron chi connectivity index (χ2n) is 3.74. The van der Waals surface area contributed by atoms with Crippen LogP contribution in [0.3, 0.4) is 0 Å². The fourth-order valence-corrected chi connectivity index (χ4v) is 2.86. The molecule has 0 aromatic heterocycles. The first kappa shape index (κ1) is 13.3. The van der Waals surface area contributed by atoms with Crippen molar-refractivity contribution in [1.82, 2.24) is 5.32 Å². The summed E-state index contributed by atoms with van der Waals surface area (Å²) in [5, 5.41) is 3.15. The summed E-state index contributed by atoms with van der Waals surface area (Å²) in [5.41, 5.74) is 0. The maximum absolute atomic E-state index is 12.7. The lowest BCUT2D eigenvalue weighted by molar-refractivity contribution is 0.557. The zero-order valence-corrected chi connectivity index (χ0v) is 10.5. The predicted octanol–water partition coefficient (Wildman–Crippen LogP) is 2.32. The molecule has 0 aliphatic heterocycles. The van der Waals surface area contributed by atoms with Crippen LogP contribution in [-0.2, 0) is 10.8 Å². The van der Waals surface area contributed by atoms with Gasteiger partial charge in [-0.15, -0.1) is 0 Å². The van der Waals surface area contributed by atoms with Crippen LogP contribution in [0.2, 0.25) is 0 Å². The van der Waals surface area contributed by atoms with Crippen molar-refractivity contribution >= 4 is 10.8 Å². The third-order valence-electron chi connectivity index (χ3n) is 2.47. The Kier molecular flexibility index (Phi) is 5.63. The van der Waals surface area contributed by atoms with Gasteiger partial charge in [-0.2, -0.15) is 0 Å². The monoisotopic (exact) mass is 243 g/mol. The molecule has 1 aromatic carbocycles. The van der Waals surface area contributed by atoms with Crippen molar-refractivity contribution in [2.75, 3.05) is 12.8 Å². The molecular formula is C12H18FNOS. The fraction of sp³-hybridized carbons (Fsp3) is 0.500. The van der Waals surface area contributed by atoms with Gasteiger partial charge in [0.15, 0.2) is 0 Å². The van der Waals surface area contributed by atoms with Crippen LogP contribution in [-0.4, -0.2) is 23.1 Å². The van der Waals surface area contributed by atoms with Gasteiger partial charge >= 0.3 is 0 Å². The Bertz CT molecular complexity index is 339. The SMILES string of the molecule is CCCC(CS(=O)c1ccc(F)cc1)NC. The number of rotatable bonds is 6. The topological polar surface area (TPSA) is 29.1 Å². The molecule has 0 aliphatic rings. The van der Waals surface area contributed by atoms with Crippen LogP contribution >= 0.6 is 0 Å². The van der Waals surface area contributed by atoms with Gasteiger partial charge < -0.3 is 5.32 Å². The van der Waals surface area contributed by atoms with Gasteiger partial charge in [-0.1, -0.05) is 13.3 Å². The predicted molar refractivity (Wildman–Crippen MR) is 65.4 cm³/mol. The van der Waals surface area contributed by atoms with Crippen molar-refractivity contribution in [1.29, 1.82) is 0 Å². The quantitative estimate of drug-likeness (QED) is 0.831. The maximum Gasteiger partial charge on any atom is 0.123 e. The highest BCUT2D eigenvalue weighted by molar-refractivity contribution is 7.85. The molecule has 0 saturated heterocycles. The van der Waals surface area contributed by atoms with Crippen molar-refractivity contribution in [3.05, 3.63) is 30.1 Å². The molecule has 90 valence electrons. The second-order valence-corrected chi connectivity index (χ2v) is 5.24. The maximum atomic E-state index is 12.7. The smallest absolute Gasteiger partial charge is 0.123 e. The molecule has 1 N–H and O–H groups in total. The highest BCUT2D eigenvalue weighted by Gasteiger charge is 2.11. The van der Waals surface area contributed by atoms with E-state index >= 15 is 0 Å². The van der Waals surface area contributed by atoms with Crippen LogP contribution in [0.1, 0.15) is 19.8 Å². The van der Waals surface area contributed by atoms with E-state index in [2.05, 4.69) is 12.2 Å². The van der Waals surface area contributed by atoms with E-state index in [-0.39, 0.29) is 11.9 Å². The number of hydrogen-bond acceptors (Lipinski definition) is 2. The summed E-state index contributed by atoms with van der Waals surface area (Å²) in [7, 11) is 0.825. The second kappa shape index (κ2) is 6.76. The lowest BCUT2D eigenvalue weighted by Gasteiger charge is -2.14. The van der Waals surface area contributed by atoms with Crippen LogP contribution in [0.4, 0.5) is 4.39 Å². The minimum Gasteiger partial charge on any atom is -0.316 e. The van der Waals surface area contributed by atoms with Gasteiger partial charge in [0.1, 0.15) is 5.82 Å². The first-order valence-electron chi connectivity index (χ1n) is 5.48. The minimum atomic E-state index is -1.05. The van der Waals surface area contributed by atoms with Crippen LogP contribution in [0.15, 0.2) is 29.2 Å². The Labute approximate surface area is 98.7 Å². The van der Waals surface area contributed by atoms with Gasteiger partial charge in [-0.25, -0.2) is 4.39 Å². The molecule has 1 aromatic rings. The van der Waals surface area contributed by atoms with Crippen molar-refractivity contribution in [3.63, 3.8) is 0 Å². The summed E-state index contributed by atoms with van der Waals surface area (Å²) in [6.45, 7) is 2.10. The van der Waals surface area contributed by atoms with Crippen molar-refractivity contribution < 1.29 is 8.60 Å². The van der Waals surface area contributed by atoms with E-state index in [1.54, 1.807) is 12.1 Å². The molecule has 4 heteroatoms. The Balaban J connectivity index is 2.60. The molecule has 0 aliphatic carbocycles. The molecule has 2 nitrogen and oxygen atoms in total. The first-order valence-corrected chi connectivity index (χ1v) is 6.80. The van der Waals surface area contributed by atoms with E-state index in [0.717, 1.165) is 12.8 Å². The van der Waals surface area contributed by atoms with Crippen molar-refractivity contribution in [2.24, 2.45) is 0 Å². The normalized spacial score (nSPS) is 14.7. The molecule has 0 amide bonds. The van der Waals surface area contributed by atoms with Crippen LogP contribution in [0.25, 0.3) is 0 Å². The van der Waals surface area contributed by atoms with Crippen LogP contribution in [0.5, 0.6) is 0 Å². The standard InChI is InChI=1S/C12H18FNOS/c1-3-4-11(14-2)9-16(15)12-7-5-10(13)6-8-12/h5-8,11,14H,3-4,9H2,1-2H3. The average Bonchev–Trinajstić information content (AvgIpc) is 2.29. The summed E-state index contributed by atoms with van der Waals surface area (Å²) in [4.78, 5) is 0.692. The molecule has 2 unspecified atom stereocenters. The van der Waals surface area contributed by atoms with Crippen molar-refractivity contribution in [3.8, 4) is 0 Å². The van der Waals surface area contributed by atoms with Gasteiger partial charge in [0.2, 0.25) is 0 Å². The molecule has 0 spiro atoms. The molecular weight excluding hydrogens is 225 g/mol. The zero-order chi connectivity index (χ0) is 12.0. The third kappa shape index (κ3) is 4.02. The molecule has 0 fully saturated rings. The largest absolute Gasteiger partial charge is 0.316 e. The van der Waals surface area contributed by atoms with Crippen molar-refractivity contribution in [2.45, 2.75) is 30.7 Å². The Morgan fingerprint density at radius 3 is 2.50 bits per heavy atom. The number of benzene rings is 1. The van der Waals surface area contributed by atoms with Gasteiger partial charge in [-0.3, -0.25) is 4.21 Å². The molecule has 0 heterocycles. The molecule has 0 radical (unpaired) electrons. The van der Waals surface area contributed by atoms with E-state index in [4.69, 9.17) is 0 Å². The molecule has 0 saturated carbocycles. The Morgan fingerprint density at radius 1 is 1.38 bits per heavy atom. The number of halogens is 1. The lowest BCUT2D eigenvalue weighted by atomic mass is 10.2. The minimum absolute atomic E-state index is 0.260. The Morgan fingerprint density at radius 2 is 2.00 bits per heavy atom. The summed E-state index contributed by atoms with van der Waals surface area (Å²) in [6.07, 6.45) is 2.07. The van der Waals surface area contributed by atoms with Gasteiger partial charge in [0, 0.05) is 16.7 Å². The first-order chi connectivity index (χ1) is 7.67. The molecule has 2 atom stereocenters. The van der Waals surface area contributed by atoms with Gasteiger partial charge in [-0.05, 0) is 37.7 Å². The lowest BCUT2D eigenvalue weighted by Crippen LogP contribution is -2.30. The van der Waals surface area contributed by atoms with E-state index in [1.807, 2.05) is 7.05 Å². The highest BCUT2D eigenvalue weighted by atomic mass is 32.2. The average molecular weight is 243 g/mol. The zero-order valence-electron chi connectivity index (χ0n) is 9.70. The van der Waals surface area contributed by atoms with E-state index in [9.17, 15) is 8.60 Å². The molecule has 1 rings (SSSR count). The summed E-state index contributed by atoms with van der Waals surface area (Å²) < 4.78 is 24.6.